The Kier molecular flexibility index (Phi) is 4.34. The van der Waals surface area contributed by atoms with Gasteiger partial charge in [0.15, 0.2) is 0 Å². The molecule has 1 aromatic heterocycles. The summed E-state index contributed by atoms with van der Waals surface area (Å²) in [6.07, 6.45) is 3.85. The highest BCUT2D eigenvalue weighted by molar-refractivity contribution is 7.89. The summed E-state index contributed by atoms with van der Waals surface area (Å²) in [6, 6.07) is 9.62. The van der Waals surface area contributed by atoms with E-state index in [1.165, 1.54) is 4.31 Å². The molecule has 0 bridgehead atoms. The van der Waals surface area contributed by atoms with Gasteiger partial charge < -0.3 is 0 Å². The first-order valence-corrected chi connectivity index (χ1v) is 7.64. The Morgan fingerprint density at radius 2 is 1.95 bits per heavy atom. The van der Waals surface area contributed by atoms with Crippen LogP contribution in [0.4, 0.5) is 0 Å². The van der Waals surface area contributed by atoms with Gasteiger partial charge in [0.25, 0.3) is 0 Å². The van der Waals surface area contributed by atoms with Crippen LogP contribution in [0.1, 0.15) is 11.1 Å². The molecule has 1 aromatic carbocycles. The third-order valence-corrected chi connectivity index (χ3v) is 4.73. The first kappa shape index (κ1) is 13.8. The van der Waals surface area contributed by atoms with Gasteiger partial charge in [0.2, 0.25) is 10.0 Å². The number of nitrogens with one attached hydrogen (secondary N) is 1. The summed E-state index contributed by atoms with van der Waals surface area (Å²) in [5.74, 6) is 0.116. The van der Waals surface area contributed by atoms with Gasteiger partial charge in [-0.05, 0) is 12.0 Å². The van der Waals surface area contributed by atoms with Crippen molar-refractivity contribution in [3.8, 4) is 0 Å². The lowest BCUT2D eigenvalue weighted by atomic mass is 10.2. The molecule has 2 rings (SSSR count). The Hall–Kier alpha value is -1.66. The summed E-state index contributed by atoms with van der Waals surface area (Å²) in [5, 5.41) is 6.48. The van der Waals surface area contributed by atoms with E-state index in [2.05, 4.69) is 10.2 Å². The Balaban J connectivity index is 1.94. The van der Waals surface area contributed by atoms with Crippen LogP contribution in [-0.4, -0.2) is 35.7 Å². The number of rotatable bonds is 6. The van der Waals surface area contributed by atoms with Crippen LogP contribution in [0.2, 0.25) is 0 Å². The van der Waals surface area contributed by atoms with Crippen molar-refractivity contribution < 1.29 is 8.42 Å². The molecular formula is C13H17N3O2S. The topological polar surface area (TPSA) is 66.1 Å². The highest BCUT2D eigenvalue weighted by Gasteiger charge is 2.18. The second kappa shape index (κ2) is 5.99. The van der Waals surface area contributed by atoms with E-state index in [4.69, 9.17) is 0 Å². The van der Waals surface area contributed by atoms with Crippen LogP contribution in [0, 0.1) is 0 Å². The van der Waals surface area contributed by atoms with Crippen molar-refractivity contribution >= 4 is 10.0 Å². The maximum absolute atomic E-state index is 12.1. The second-order valence-electron chi connectivity index (χ2n) is 4.41. The van der Waals surface area contributed by atoms with Crippen LogP contribution in [0.25, 0.3) is 0 Å². The molecular weight excluding hydrogens is 262 g/mol. The minimum Gasteiger partial charge on any atom is -0.285 e. The molecule has 1 N–H and O–H groups in total. The lowest BCUT2D eigenvalue weighted by Crippen LogP contribution is -2.29. The molecule has 1 heterocycles. The van der Waals surface area contributed by atoms with Gasteiger partial charge in [-0.1, -0.05) is 30.3 Å². The normalized spacial score (nSPS) is 11.9. The molecule has 0 radical (unpaired) electrons. The Bertz CT molecular complexity index is 594. The zero-order valence-corrected chi connectivity index (χ0v) is 11.6. The number of aromatic amines is 1. The number of nitrogens with zero attached hydrogens (tertiary/aromatic N) is 2. The molecule has 0 aliphatic rings. The summed E-state index contributed by atoms with van der Waals surface area (Å²) >= 11 is 0. The standard InChI is InChI=1S/C13H17N3O2S/c1-16(11-13-9-14-15-10-13)19(17,18)8-7-12-5-3-2-4-6-12/h2-6,9-10H,7-8,11H2,1H3,(H,14,15). The zero-order chi connectivity index (χ0) is 13.7. The SMILES string of the molecule is CN(Cc1cn[nH]c1)S(=O)(=O)CCc1ccccc1. The summed E-state index contributed by atoms with van der Waals surface area (Å²) in [6.45, 7) is 0.341. The van der Waals surface area contributed by atoms with Crippen LogP contribution >= 0.6 is 0 Å². The average molecular weight is 279 g/mol. The van der Waals surface area contributed by atoms with E-state index in [0.717, 1.165) is 11.1 Å². The van der Waals surface area contributed by atoms with Gasteiger partial charge in [-0.3, -0.25) is 5.10 Å². The van der Waals surface area contributed by atoms with E-state index in [-0.39, 0.29) is 5.75 Å². The molecule has 19 heavy (non-hydrogen) atoms. The van der Waals surface area contributed by atoms with Gasteiger partial charge in [0.1, 0.15) is 0 Å². The van der Waals surface area contributed by atoms with Crippen LogP contribution < -0.4 is 0 Å². The van der Waals surface area contributed by atoms with Gasteiger partial charge in [-0.25, -0.2) is 12.7 Å². The van der Waals surface area contributed by atoms with Crippen LogP contribution in [0.3, 0.4) is 0 Å². The van der Waals surface area contributed by atoms with E-state index >= 15 is 0 Å². The number of H-pyrrole nitrogens is 1. The average Bonchev–Trinajstić information content (AvgIpc) is 2.90. The summed E-state index contributed by atoms with van der Waals surface area (Å²) < 4.78 is 25.6. The lowest BCUT2D eigenvalue weighted by molar-refractivity contribution is 0.466. The molecule has 0 aliphatic carbocycles. The molecule has 0 atom stereocenters. The van der Waals surface area contributed by atoms with Crippen molar-refractivity contribution in [1.82, 2.24) is 14.5 Å². The summed E-state index contributed by atoms with van der Waals surface area (Å²) in [7, 11) is -1.65. The van der Waals surface area contributed by atoms with Crippen molar-refractivity contribution in [3.63, 3.8) is 0 Å². The molecule has 0 fully saturated rings. The van der Waals surface area contributed by atoms with Crippen molar-refractivity contribution in [2.75, 3.05) is 12.8 Å². The molecule has 102 valence electrons. The number of benzene rings is 1. The van der Waals surface area contributed by atoms with Gasteiger partial charge in [-0.2, -0.15) is 5.10 Å². The molecule has 5 nitrogen and oxygen atoms in total. The number of sulfonamides is 1. The zero-order valence-electron chi connectivity index (χ0n) is 10.8. The van der Waals surface area contributed by atoms with Crippen LogP contribution in [0.5, 0.6) is 0 Å². The van der Waals surface area contributed by atoms with E-state index in [1.807, 2.05) is 30.3 Å². The van der Waals surface area contributed by atoms with Crippen molar-refractivity contribution in [2.24, 2.45) is 0 Å². The highest BCUT2D eigenvalue weighted by Crippen LogP contribution is 2.08. The molecule has 0 amide bonds. The summed E-state index contributed by atoms with van der Waals surface area (Å²) in [5.41, 5.74) is 1.88. The maximum atomic E-state index is 12.1. The predicted molar refractivity (Wildman–Crippen MR) is 74.0 cm³/mol. The number of hydrogen-bond donors (Lipinski definition) is 1. The Labute approximate surface area is 113 Å². The van der Waals surface area contributed by atoms with Gasteiger partial charge in [0.05, 0.1) is 11.9 Å². The molecule has 2 aromatic rings. The van der Waals surface area contributed by atoms with Crippen LogP contribution in [0.15, 0.2) is 42.7 Å². The molecule has 0 aliphatic heterocycles. The fraction of sp³-hybridized carbons (Fsp3) is 0.308. The lowest BCUT2D eigenvalue weighted by Gasteiger charge is -2.16. The largest absolute Gasteiger partial charge is 0.285 e. The summed E-state index contributed by atoms with van der Waals surface area (Å²) in [4.78, 5) is 0. The number of aryl methyl sites for hydroxylation is 1. The smallest absolute Gasteiger partial charge is 0.214 e. The molecule has 0 spiro atoms. The Morgan fingerprint density at radius 1 is 1.21 bits per heavy atom. The monoisotopic (exact) mass is 279 g/mol. The Morgan fingerprint density at radius 3 is 2.58 bits per heavy atom. The van der Waals surface area contributed by atoms with Crippen LogP contribution in [-0.2, 0) is 23.0 Å². The van der Waals surface area contributed by atoms with Gasteiger partial charge in [0, 0.05) is 25.4 Å². The fourth-order valence-corrected chi connectivity index (χ4v) is 2.92. The molecule has 0 saturated carbocycles. The highest BCUT2D eigenvalue weighted by atomic mass is 32.2. The van der Waals surface area contributed by atoms with Crippen molar-refractivity contribution in [2.45, 2.75) is 13.0 Å². The van der Waals surface area contributed by atoms with E-state index in [9.17, 15) is 8.42 Å². The van der Waals surface area contributed by atoms with E-state index in [0.29, 0.717) is 13.0 Å². The molecule has 0 saturated heterocycles. The van der Waals surface area contributed by atoms with E-state index < -0.39 is 10.0 Å². The minimum atomic E-state index is -3.24. The van der Waals surface area contributed by atoms with Crippen molar-refractivity contribution in [3.05, 3.63) is 53.9 Å². The van der Waals surface area contributed by atoms with E-state index in [1.54, 1.807) is 19.4 Å². The van der Waals surface area contributed by atoms with Gasteiger partial charge in [-0.15, -0.1) is 0 Å². The first-order valence-electron chi connectivity index (χ1n) is 6.03. The number of aromatic nitrogens is 2. The minimum absolute atomic E-state index is 0.116. The molecule has 6 heteroatoms. The van der Waals surface area contributed by atoms with Crippen molar-refractivity contribution in [1.29, 1.82) is 0 Å². The quantitative estimate of drug-likeness (QED) is 0.869. The maximum Gasteiger partial charge on any atom is 0.214 e. The second-order valence-corrected chi connectivity index (χ2v) is 6.61. The fourth-order valence-electron chi connectivity index (χ4n) is 1.77. The third-order valence-electron chi connectivity index (χ3n) is 2.93. The molecule has 0 unspecified atom stereocenters. The first-order chi connectivity index (χ1) is 9.08. The third kappa shape index (κ3) is 3.90. The predicted octanol–water partition coefficient (Wildman–Crippen LogP) is 1.41. The van der Waals surface area contributed by atoms with Gasteiger partial charge >= 0.3 is 0 Å². The number of hydrogen-bond acceptors (Lipinski definition) is 3.